The summed E-state index contributed by atoms with van der Waals surface area (Å²) in [6.07, 6.45) is 4.69. The standard InChI is InChI=1S/C8H8ClNO/c1-2-6-3-10-4-8(9)7(6)5-11/h3-5H,2H2,1H3. The molecule has 0 aromatic carbocycles. The van der Waals surface area contributed by atoms with Crippen LogP contribution in [0.25, 0.3) is 0 Å². The van der Waals surface area contributed by atoms with E-state index >= 15 is 0 Å². The number of pyridine rings is 1. The van der Waals surface area contributed by atoms with Crippen molar-refractivity contribution in [1.82, 2.24) is 4.98 Å². The SMILES string of the molecule is CCc1cncc(Cl)c1C=O. The van der Waals surface area contributed by atoms with Gasteiger partial charge in [0.25, 0.3) is 0 Å². The number of carbonyl (C=O) groups excluding carboxylic acids is 1. The van der Waals surface area contributed by atoms with Gasteiger partial charge in [-0.05, 0) is 12.0 Å². The van der Waals surface area contributed by atoms with E-state index in [1.165, 1.54) is 6.20 Å². The van der Waals surface area contributed by atoms with Crippen molar-refractivity contribution in [2.45, 2.75) is 13.3 Å². The van der Waals surface area contributed by atoms with Crippen LogP contribution in [-0.2, 0) is 6.42 Å². The minimum Gasteiger partial charge on any atom is -0.298 e. The van der Waals surface area contributed by atoms with Gasteiger partial charge in [-0.25, -0.2) is 0 Å². The fourth-order valence-electron chi connectivity index (χ4n) is 0.899. The van der Waals surface area contributed by atoms with E-state index in [1.807, 2.05) is 6.92 Å². The zero-order chi connectivity index (χ0) is 8.27. The van der Waals surface area contributed by atoms with E-state index in [4.69, 9.17) is 11.6 Å². The molecule has 0 fully saturated rings. The van der Waals surface area contributed by atoms with Crippen LogP contribution in [0.4, 0.5) is 0 Å². The Labute approximate surface area is 70.2 Å². The summed E-state index contributed by atoms with van der Waals surface area (Å²) in [6, 6.07) is 0. The second kappa shape index (κ2) is 3.49. The van der Waals surface area contributed by atoms with E-state index in [2.05, 4.69) is 4.98 Å². The van der Waals surface area contributed by atoms with E-state index in [0.717, 1.165) is 18.3 Å². The Balaban J connectivity index is 3.24. The summed E-state index contributed by atoms with van der Waals surface area (Å²) in [5, 5.41) is 0.430. The average Bonchev–Trinajstić information content (AvgIpc) is 2.04. The molecule has 1 aromatic heterocycles. The van der Waals surface area contributed by atoms with Crippen molar-refractivity contribution in [3.05, 3.63) is 28.5 Å². The van der Waals surface area contributed by atoms with Gasteiger partial charge < -0.3 is 0 Å². The second-order valence-electron chi connectivity index (χ2n) is 2.17. The Morgan fingerprint density at radius 3 is 2.82 bits per heavy atom. The maximum Gasteiger partial charge on any atom is 0.151 e. The average molecular weight is 170 g/mol. The third-order valence-electron chi connectivity index (χ3n) is 1.52. The highest BCUT2D eigenvalue weighted by Crippen LogP contribution is 2.16. The zero-order valence-corrected chi connectivity index (χ0v) is 6.93. The molecule has 0 radical (unpaired) electrons. The number of hydrogen-bond donors (Lipinski definition) is 0. The first-order valence-electron chi connectivity index (χ1n) is 3.37. The molecule has 1 aromatic rings. The maximum absolute atomic E-state index is 10.5. The summed E-state index contributed by atoms with van der Waals surface area (Å²) >= 11 is 5.71. The Morgan fingerprint density at radius 2 is 2.36 bits per heavy atom. The van der Waals surface area contributed by atoms with Crippen LogP contribution in [0.3, 0.4) is 0 Å². The first-order chi connectivity index (χ1) is 5.29. The Morgan fingerprint density at radius 1 is 1.64 bits per heavy atom. The van der Waals surface area contributed by atoms with Gasteiger partial charge in [-0.3, -0.25) is 9.78 Å². The molecule has 0 aliphatic rings. The normalized spacial score (nSPS) is 9.64. The van der Waals surface area contributed by atoms with Crippen molar-refractivity contribution < 1.29 is 4.79 Å². The number of carbonyl (C=O) groups is 1. The molecule has 1 heterocycles. The molecule has 2 nitrogen and oxygen atoms in total. The molecule has 3 heteroatoms. The molecule has 0 aliphatic carbocycles. The Kier molecular flexibility index (Phi) is 2.60. The monoisotopic (exact) mass is 169 g/mol. The molecular weight excluding hydrogens is 162 g/mol. The predicted molar refractivity (Wildman–Crippen MR) is 44.0 cm³/mol. The third kappa shape index (κ3) is 1.57. The first kappa shape index (κ1) is 8.21. The van der Waals surface area contributed by atoms with E-state index in [0.29, 0.717) is 10.6 Å². The summed E-state index contributed by atoms with van der Waals surface area (Å²) in [6.45, 7) is 1.96. The highest BCUT2D eigenvalue weighted by atomic mass is 35.5. The number of aromatic nitrogens is 1. The van der Waals surface area contributed by atoms with Crippen molar-refractivity contribution in [2.75, 3.05) is 0 Å². The molecule has 0 amide bonds. The fraction of sp³-hybridized carbons (Fsp3) is 0.250. The van der Waals surface area contributed by atoms with Crippen LogP contribution in [0.5, 0.6) is 0 Å². The number of nitrogens with zero attached hydrogens (tertiary/aromatic N) is 1. The van der Waals surface area contributed by atoms with E-state index < -0.39 is 0 Å². The van der Waals surface area contributed by atoms with Gasteiger partial charge in [0, 0.05) is 18.0 Å². The molecule has 0 saturated carbocycles. The summed E-state index contributed by atoms with van der Waals surface area (Å²) < 4.78 is 0. The van der Waals surface area contributed by atoms with Gasteiger partial charge in [-0.2, -0.15) is 0 Å². The summed E-state index contributed by atoms with van der Waals surface area (Å²) in [4.78, 5) is 14.4. The van der Waals surface area contributed by atoms with Crippen LogP contribution < -0.4 is 0 Å². The van der Waals surface area contributed by atoms with Crippen LogP contribution in [0.15, 0.2) is 12.4 Å². The number of aldehydes is 1. The van der Waals surface area contributed by atoms with Crippen LogP contribution >= 0.6 is 11.6 Å². The van der Waals surface area contributed by atoms with Gasteiger partial charge >= 0.3 is 0 Å². The maximum atomic E-state index is 10.5. The number of rotatable bonds is 2. The molecule has 1 rings (SSSR count). The zero-order valence-electron chi connectivity index (χ0n) is 6.17. The minimum absolute atomic E-state index is 0.430. The highest BCUT2D eigenvalue weighted by Gasteiger charge is 2.03. The quantitative estimate of drug-likeness (QED) is 0.635. The first-order valence-corrected chi connectivity index (χ1v) is 3.75. The molecular formula is C8H8ClNO. The van der Waals surface area contributed by atoms with Crippen LogP contribution in [0, 0.1) is 0 Å². The lowest BCUT2D eigenvalue weighted by molar-refractivity contribution is 0.112. The predicted octanol–water partition coefficient (Wildman–Crippen LogP) is 2.11. The van der Waals surface area contributed by atoms with Gasteiger partial charge in [-0.1, -0.05) is 18.5 Å². The molecule has 0 N–H and O–H groups in total. The molecule has 11 heavy (non-hydrogen) atoms. The van der Waals surface area contributed by atoms with Crippen molar-refractivity contribution >= 4 is 17.9 Å². The lowest BCUT2D eigenvalue weighted by atomic mass is 10.1. The fourth-order valence-corrected chi connectivity index (χ4v) is 1.12. The molecule has 0 spiro atoms. The Bertz CT molecular complexity index is 273. The van der Waals surface area contributed by atoms with Crippen molar-refractivity contribution in [2.24, 2.45) is 0 Å². The molecule has 0 atom stereocenters. The molecule has 0 unspecified atom stereocenters. The molecule has 0 aliphatic heterocycles. The van der Waals surface area contributed by atoms with Gasteiger partial charge in [0.2, 0.25) is 0 Å². The molecule has 0 bridgehead atoms. The Hall–Kier alpha value is -0.890. The topological polar surface area (TPSA) is 30.0 Å². The van der Waals surface area contributed by atoms with E-state index in [-0.39, 0.29) is 0 Å². The van der Waals surface area contributed by atoms with Gasteiger partial charge in [0.05, 0.1) is 5.02 Å². The van der Waals surface area contributed by atoms with Crippen LogP contribution in [0.1, 0.15) is 22.8 Å². The molecule has 58 valence electrons. The van der Waals surface area contributed by atoms with Gasteiger partial charge in [0.15, 0.2) is 6.29 Å². The van der Waals surface area contributed by atoms with E-state index in [1.54, 1.807) is 6.20 Å². The van der Waals surface area contributed by atoms with Crippen molar-refractivity contribution in [3.8, 4) is 0 Å². The van der Waals surface area contributed by atoms with Crippen LogP contribution in [0.2, 0.25) is 5.02 Å². The lowest BCUT2D eigenvalue weighted by Crippen LogP contribution is -1.92. The minimum atomic E-state index is 0.430. The lowest BCUT2D eigenvalue weighted by Gasteiger charge is -2.00. The second-order valence-corrected chi connectivity index (χ2v) is 2.57. The number of aryl methyl sites for hydroxylation is 1. The summed E-state index contributed by atoms with van der Waals surface area (Å²) in [5.74, 6) is 0. The van der Waals surface area contributed by atoms with Crippen molar-refractivity contribution in [1.29, 1.82) is 0 Å². The third-order valence-corrected chi connectivity index (χ3v) is 1.82. The van der Waals surface area contributed by atoms with E-state index in [9.17, 15) is 4.79 Å². The number of halogens is 1. The molecule has 0 saturated heterocycles. The number of hydrogen-bond acceptors (Lipinski definition) is 2. The van der Waals surface area contributed by atoms with Crippen LogP contribution in [-0.4, -0.2) is 11.3 Å². The summed E-state index contributed by atoms with van der Waals surface area (Å²) in [5.41, 5.74) is 1.46. The largest absolute Gasteiger partial charge is 0.298 e. The van der Waals surface area contributed by atoms with Gasteiger partial charge in [0.1, 0.15) is 0 Å². The smallest absolute Gasteiger partial charge is 0.151 e. The van der Waals surface area contributed by atoms with Gasteiger partial charge in [-0.15, -0.1) is 0 Å². The highest BCUT2D eigenvalue weighted by molar-refractivity contribution is 6.32. The van der Waals surface area contributed by atoms with Crippen molar-refractivity contribution in [3.63, 3.8) is 0 Å². The summed E-state index contributed by atoms with van der Waals surface area (Å²) in [7, 11) is 0.